The lowest BCUT2D eigenvalue weighted by molar-refractivity contribution is 0.914. The molecule has 0 unspecified atom stereocenters. The summed E-state index contributed by atoms with van der Waals surface area (Å²) in [5.74, 6) is 1.47. The van der Waals surface area contributed by atoms with E-state index in [4.69, 9.17) is 11.6 Å². The van der Waals surface area contributed by atoms with Gasteiger partial charge in [-0.3, -0.25) is 0 Å². The number of aryl methyl sites for hydroxylation is 2. The Morgan fingerprint density at radius 2 is 2.13 bits per heavy atom. The summed E-state index contributed by atoms with van der Waals surface area (Å²) in [6.07, 6.45) is 2.50. The van der Waals surface area contributed by atoms with E-state index >= 15 is 0 Å². The fourth-order valence-electron chi connectivity index (χ4n) is 1.97. The van der Waals surface area contributed by atoms with Crippen molar-refractivity contribution in [2.45, 2.75) is 25.7 Å². The van der Waals surface area contributed by atoms with Crippen LogP contribution in [0.15, 0.2) is 6.07 Å². The number of rotatable bonds is 1. The molecule has 2 aromatic heterocycles. The van der Waals surface area contributed by atoms with Crippen LogP contribution in [0.1, 0.15) is 30.3 Å². The summed E-state index contributed by atoms with van der Waals surface area (Å²) in [6, 6.07) is 1.98. The maximum absolute atomic E-state index is 6.10. The van der Waals surface area contributed by atoms with Gasteiger partial charge >= 0.3 is 0 Å². The van der Waals surface area contributed by atoms with E-state index in [2.05, 4.69) is 9.97 Å². The molecule has 3 rings (SSSR count). The quantitative estimate of drug-likeness (QED) is 0.742. The smallest absolute Gasteiger partial charge is 0.144 e. The van der Waals surface area contributed by atoms with Gasteiger partial charge in [-0.2, -0.15) is 0 Å². The first-order valence-corrected chi connectivity index (χ1v) is 5.54. The van der Waals surface area contributed by atoms with E-state index in [-0.39, 0.29) is 0 Å². The molecule has 78 valence electrons. The Morgan fingerprint density at radius 1 is 1.40 bits per heavy atom. The molecule has 0 radical (unpaired) electrons. The van der Waals surface area contributed by atoms with Crippen molar-refractivity contribution in [1.29, 1.82) is 0 Å². The highest BCUT2D eigenvalue weighted by Gasteiger charge is 2.28. The minimum absolute atomic E-state index is 0.632. The number of halogens is 1. The molecule has 2 aromatic rings. The summed E-state index contributed by atoms with van der Waals surface area (Å²) in [6.45, 7) is 1.94. The molecule has 0 bridgehead atoms. The van der Waals surface area contributed by atoms with Crippen molar-refractivity contribution in [2.24, 2.45) is 7.05 Å². The van der Waals surface area contributed by atoms with Gasteiger partial charge in [0.1, 0.15) is 16.6 Å². The average Bonchev–Trinajstić information content (AvgIpc) is 2.98. The van der Waals surface area contributed by atoms with Gasteiger partial charge in [-0.15, -0.1) is 0 Å². The van der Waals surface area contributed by atoms with E-state index < -0.39 is 0 Å². The van der Waals surface area contributed by atoms with Crippen LogP contribution in [0.4, 0.5) is 0 Å². The van der Waals surface area contributed by atoms with Crippen molar-refractivity contribution >= 4 is 22.6 Å². The largest absolute Gasteiger partial charge is 0.319 e. The first kappa shape index (κ1) is 9.16. The third-order valence-electron chi connectivity index (χ3n) is 2.93. The highest BCUT2D eigenvalue weighted by atomic mass is 35.5. The fourth-order valence-corrected chi connectivity index (χ4v) is 2.16. The molecule has 0 aromatic carbocycles. The molecule has 1 aliphatic carbocycles. The Morgan fingerprint density at radius 3 is 2.80 bits per heavy atom. The van der Waals surface area contributed by atoms with Gasteiger partial charge in [0.15, 0.2) is 0 Å². The zero-order chi connectivity index (χ0) is 10.6. The molecule has 0 amide bonds. The molecule has 0 saturated heterocycles. The molecule has 3 nitrogen and oxygen atoms in total. The lowest BCUT2D eigenvalue weighted by Crippen LogP contribution is -1.98. The molecule has 0 aliphatic heterocycles. The van der Waals surface area contributed by atoms with Crippen molar-refractivity contribution < 1.29 is 0 Å². The molecule has 2 heterocycles. The van der Waals surface area contributed by atoms with E-state index in [0.29, 0.717) is 5.92 Å². The van der Waals surface area contributed by atoms with Gasteiger partial charge in [0.05, 0.1) is 5.69 Å². The van der Waals surface area contributed by atoms with E-state index in [9.17, 15) is 0 Å². The number of nitrogens with zero attached hydrogens (tertiary/aromatic N) is 3. The lowest BCUT2D eigenvalue weighted by Gasteiger charge is -2.02. The van der Waals surface area contributed by atoms with Gasteiger partial charge in [-0.25, -0.2) is 9.97 Å². The van der Waals surface area contributed by atoms with Crippen LogP contribution >= 0.6 is 11.6 Å². The van der Waals surface area contributed by atoms with Gasteiger partial charge in [0, 0.05) is 18.4 Å². The number of hydrogen-bond acceptors (Lipinski definition) is 2. The van der Waals surface area contributed by atoms with Crippen LogP contribution in [-0.2, 0) is 7.05 Å². The maximum atomic E-state index is 6.10. The SMILES string of the molecule is Cc1nc(C2CC2)c2cc(Cl)n(C)c2n1. The molecule has 0 atom stereocenters. The van der Waals surface area contributed by atoms with Crippen molar-refractivity contribution in [1.82, 2.24) is 14.5 Å². The van der Waals surface area contributed by atoms with Crippen molar-refractivity contribution in [3.05, 3.63) is 22.7 Å². The normalized spacial score (nSPS) is 16.2. The zero-order valence-electron chi connectivity index (χ0n) is 8.79. The van der Waals surface area contributed by atoms with Crippen LogP contribution in [0.3, 0.4) is 0 Å². The summed E-state index contributed by atoms with van der Waals surface area (Å²) in [7, 11) is 1.94. The van der Waals surface area contributed by atoms with Crippen LogP contribution in [0.2, 0.25) is 5.15 Å². The Bertz CT molecular complexity index is 540. The minimum atomic E-state index is 0.632. The number of fused-ring (bicyclic) bond motifs is 1. The second-order valence-electron chi connectivity index (χ2n) is 4.19. The summed E-state index contributed by atoms with van der Waals surface area (Å²) in [5.41, 5.74) is 2.13. The molecule has 0 N–H and O–H groups in total. The summed E-state index contributed by atoms with van der Waals surface area (Å²) in [5, 5.41) is 1.85. The van der Waals surface area contributed by atoms with E-state index in [1.54, 1.807) is 0 Å². The maximum Gasteiger partial charge on any atom is 0.144 e. The Hall–Kier alpha value is -1.09. The zero-order valence-corrected chi connectivity index (χ0v) is 9.54. The summed E-state index contributed by atoms with van der Waals surface area (Å²) in [4.78, 5) is 8.97. The second kappa shape index (κ2) is 2.95. The first-order valence-electron chi connectivity index (χ1n) is 5.16. The van der Waals surface area contributed by atoms with Crippen molar-refractivity contribution in [3.8, 4) is 0 Å². The number of hydrogen-bond donors (Lipinski definition) is 0. The standard InChI is InChI=1S/C11H12ClN3/c1-6-13-10(7-3-4-7)8-5-9(12)15(2)11(8)14-6/h5,7H,3-4H2,1-2H3. The molecule has 4 heteroatoms. The van der Waals surface area contributed by atoms with Crippen LogP contribution in [0.25, 0.3) is 11.0 Å². The van der Waals surface area contributed by atoms with Crippen LogP contribution in [-0.4, -0.2) is 14.5 Å². The molecular formula is C11H12ClN3. The molecule has 1 saturated carbocycles. The summed E-state index contributed by atoms with van der Waals surface area (Å²) < 4.78 is 1.91. The second-order valence-corrected chi connectivity index (χ2v) is 4.58. The highest BCUT2D eigenvalue weighted by Crippen LogP contribution is 2.42. The van der Waals surface area contributed by atoms with Gasteiger partial charge < -0.3 is 4.57 Å². The topological polar surface area (TPSA) is 30.7 Å². The van der Waals surface area contributed by atoms with Crippen molar-refractivity contribution in [3.63, 3.8) is 0 Å². The van der Waals surface area contributed by atoms with E-state index in [1.807, 2.05) is 24.6 Å². The average molecular weight is 222 g/mol. The predicted octanol–water partition coefficient (Wildman–Crippen LogP) is 2.81. The van der Waals surface area contributed by atoms with Crippen molar-refractivity contribution in [2.75, 3.05) is 0 Å². The third-order valence-corrected chi connectivity index (χ3v) is 3.30. The minimum Gasteiger partial charge on any atom is -0.319 e. The van der Waals surface area contributed by atoms with Crippen LogP contribution < -0.4 is 0 Å². The van der Waals surface area contributed by atoms with Crippen LogP contribution in [0.5, 0.6) is 0 Å². The molecule has 15 heavy (non-hydrogen) atoms. The van der Waals surface area contributed by atoms with Crippen LogP contribution in [0, 0.1) is 6.92 Å². The molecular weight excluding hydrogens is 210 g/mol. The number of aromatic nitrogens is 3. The van der Waals surface area contributed by atoms with E-state index in [1.165, 1.54) is 18.5 Å². The monoisotopic (exact) mass is 221 g/mol. The Balaban J connectivity index is 2.38. The van der Waals surface area contributed by atoms with Gasteiger partial charge in [-0.1, -0.05) is 11.6 Å². The van der Waals surface area contributed by atoms with Gasteiger partial charge in [0.25, 0.3) is 0 Å². The third kappa shape index (κ3) is 1.34. The van der Waals surface area contributed by atoms with E-state index in [0.717, 1.165) is 22.0 Å². The predicted molar refractivity (Wildman–Crippen MR) is 60.2 cm³/mol. The highest BCUT2D eigenvalue weighted by molar-refractivity contribution is 6.30. The Kier molecular flexibility index (Phi) is 1.80. The Labute approximate surface area is 93.1 Å². The lowest BCUT2D eigenvalue weighted by atomic mass is 10.2. The summed E-state index contributed by atoms with van der Waals surface area (Å²) >= 11 is 6.10. The molecule has 1 fully saturated rings. The fraction of sp³-hybridized carbons (Fsp3) is 0.455. The first-order chi connectivity index (χ1) is 7.16. The molecule has 1 aliphatic rings. The molecule has 0 spiro atoms. The van der Waals surface area contributed by atoms with Gasteiger partial charge in [-0.05, 0) is 25.8 Å². The van der Waals surface area contributed by atoms with Gasteiger partial charge in [0.2, 0.25) is 0 Å².